The highest BCUT2D eigenvalue weighted by Crippen LogP contribution is 2.17. The van der Waals surface area contributed by atoms with Crippen LogP contribution in [0.3, 0.4) is 0 Å². The molecule has 0 saturated heterocycles. The van der Waals surface area contributed by atoms with E-state index < -0.39 is 33.0 Å². The fourth-order valence-corrected chi connectivity index (χ4v) is 3.78. The largest absolute Gasteiger partial charge is 0.466 e. The fourth-order valence-electron chi connectivity index (χ4n) is 2.75. The van der Waals surface area contributed by atoms with Gasteiger partial charge in [0.2, 0.25) is 10.0 Å². The Bertz CT molecular complexity index is 1070. The number of ether oxygens (including phenoxy) is 1. The molecule has 27 heavy (non-hydrogen) atoms. The van der Waals surface area contributed by atoms with Crippen LogP contribution < -0.4 is 16.0 Å². The van der Waals surface area contributed by atoms with Crippen molar-refractivity contribution in [2.45, 2.75) is 40.3 Å². The van der Waals surface area contributed by atoms with E-state index in [1.165, 1.54) is 22.8 Å². The van der Waals surface area contributed by atoms with Gasteiger partial charge in [0.1, 0.15) is 0 Å². The van der Waals surface area contributed by atoms with E-state index in [4.69, 9.17) is 4.74 Å². The number of anilines is 1. The van der Waals surface area contributed by atoms with Crippen molar-refractivity contribution < 1.29 is 17.9 Å². The van der Waals surface area contributed by atoms with Crippen LogP contribution in [0.2, 0.25) is 0 Å². The molecule has 0 atom stereocenters. The van der Waals surface area contributed by atoms with Crippen LogP contribution in [0.15, 0.2) is 27.8 Å². The average molecular weight is 397 g/mol. The first-order valence-electron chi connectivity index (χ1n) is 8.67. The summed E-state index contributed by atoms with van der Waals surface area (Å²) in [6.45, 7) is 5.88. The van der Waals surface area contributed by atoms with E-state index in [-0.39, 0.29) is 30.6 Å². The number of nitrogens with zero attached hydrogens (tertiary/aromatic N) is 2. The molecule has 2 rings (SSSR count). The minimum atomic E-state index is -3.80. The van der Waals surface area contributed by atoms with E-state index in [0.717, 1.165) is 4.57 Å². The molecule has 0 saturated carbocycles. The molecule has 1 N–H and O–H groups in total. The predicted octanol–water partition coefficient (Wildman–Crippen LogP) is 0.898. The van der Waals surface area contributed by atoms with Crippen LogP contribution in [0, 0.1) is 0 Å². The first-order chi connectivity index (χ1) is 12.7. The number of aryl methyl sites for hydroxylation is 1. The number of aromatic nitrogens is 2. The van der Waals surface area contributed by atoms with Crippen molar-refractivity contribution in [2.75, 3.05) is 17.1 Å². The Hall–Kier alpha value is -2.62. The molecule has 0 aliphatic heterocycles. The Morgan fingerprint density at radius 1 is 1.11 bits per heavy atom. The maximum atomic E-state index is 12.6. The van der Waals surface area contributed by atoms with Gasteiger partial charge >= 0.3 is 11.7 Å². The molecule has 0 fully saturated rings. The smallest absolute Gasteiger partial charge is 0.331 e. The van der Waals surface area contributed by atoms with E-state index in [1.54, 1.807) is 20.8 Å². The molecule has 0 bridgehead atoms. The Morgan fingerprint density at radius 2 is 1.78 bits per heavy atom. The number of sulfonamides is 1. The number of hydrogen-bond acceptors (Lipinski definition) is 6. The van der Waals surface area contributed by atoms with Gasteiger partial charge in [-0.05, 0) is 39.0 Å². The fraction of sp³-hybridized carbons (Fsp3) is 0.471. The zero-order valence-corrected chi connectivity index (χ0v) is 16.3. The quantitative estimate of drug-likeness (QED) is 0.662. The number of rotatable bonds is 8. The minimum absolute atomic E-state index is 0.180. The van der Waals surface area contributed by atoms with Gasteiger partial charge in [-0.2, -0.15) is 0 Å². The van der Waals surface area contributed by atoms with Crippen LogP contribution in [0.1, 0.15) is 27.2 Å². The zero-order chi connectivity index (χ0) is 20.2. The molecule has 0 amide bonds. The SMILES string of the molecule is CCOC(=O)CCS(=O)(=O)Nc1ccc2c(c1)c(=O)n(CC)c(=O)n2CC. The second-order valence-corrected chi connectivity index (χ2v) is 7.63. The van der Waals surface area contributed by atoms with Crippen LogP contribution in [-0.4, -0.2) is 35.9 Å². The van der Waals surface area contributed by atoms with Crippen LogP contribution in [0.25, 0.3) is 10.9 Å². The van der Waals surface area contributed by atoms with Crippen molar-refractivity contribution in [1.29, 1.82) is 0 Å². The lowest BCUT2D eigenvalue weighted by Gasteiger charge is -2.13. The summed E-state index contributed by atoms with van der Waals surface area (Å²) in [4.78, 5) is 36.3. The average Bonchev–Trinajstić information content (AvgIpc) is 2.61. The maximum absolute atomic E-state index is 12.6. The Balaban J connectivity index is 2.40. The molecular weight excluding hydrogens is 374 g/mol. The molecule has 0 aliphatic carbocycles. The van der Waals surface area contributed by atoms with Gasteiger partial charge < -0.3 is 4.74 Å². The van der Waals surface area contributed by atoms with Crippen molar-refractivity contribution in [3.63, 3.8) is 0 Å². The number of hydrogen-bond donors (Lipinski definition) is 1. The second-order valence-electron chi connectivity index (χ2n) is 5.78. The standard InChI is InChI=1S/C17H23N3O6S/c1-4-19-14-8-7-12(11-13(14)16(22)20(5-2)17(19)23)18-27(24,25)10-9-15(21)26-6-3/h7-8,11,18H,4-6,9-10H2,1-3H3. The molecule has 2 aromatic rings. The molecule has 0 spiro atoms. The molecule has 0 radical (unpaired) electrons. The van der Waals surface area contributed by atoms with Gasteiger partial charge in [-0.25, -0.2) is 13.2 Å². The van der Waals surface area contributed by atoms with Crippen LogP contribution >= 0.6 is 0 Å². The maximum Gasteiger partial charge on any atom is 0.331 e. The van der Waals surface area contributed by atoms with E-state index in [9.17, 15) is 22.8 Å². The Kier molecular flexibility index (Phi) is 6.42. The minimum Gasteiger partial charge on any atom is -0.466 e. The second kappa shape index (κ2) is 8.38. The van der Waals surface area contributed by atoms with Gasteiger partial charge in [0.15, 0.2) is 0 Å². The van der Waals surface area contributed by atoms with Crippen LogP contribution in [-0.2, 0) is 32.6 Å². The summed E-state index contributed by atoms with van der Waals surface area (Å²) >= 11 is 0. The lowest BCUT2D eigenvalue weighted by atomic mass is 10.2. The van der Waals surface area contributed by atoms with Crippen molar-refractivity contribution in [2.24, 2.45) is 0 Å². The highest BCUT2D eigenvalue weighted by atomic mass is 32.2. The van der Waals surface area contributed by atoms with Gasteiger partial charge in [-0.1, -0.05) is 0 Å². The summed E-state index contributed by atoms with van der Waals surface area (Å²) in [6.07, 6.45) is -0.269. The molecule has 0 aliphatic rings. The summed E-state index contributed by atoms with van der Waals surface area (Å²) in [7, 11) is -3.80. The normalized spacial score (nSPS) is 11.5. The molecule has 1 aromatic carbocycles. The first-order valence-corrected chi connectivity index (χ1v) is 10.3. The van der Waals surface area contributed by atoms with Gasteiger partial charge in [-0.15, -0.1) is 0 Å². The molecule has 0 unspecified atom stereocenters. The molecule has 9 nitrogen and oxygen atoms in total. The molecule has 148 valence electrons. The summed E-state index contributed by atoms with van der Waals surface area (Å²) in [6, 6.07) is 4.41. The summed E-state index contributed by atoms with van der Waals surface area (Å²) in [5.41, 5.74) is -0.255. The number of benzene rings is 1. The van der Waals surface area contributed by atoms with Gasteiger partial charge in [0, 0.05) is 18.8 Å². The third-order valence-electron chi connectivity index (χ3n) is 4.01. The lowest BCUT2D eigenvalue weighted by molar-refractivity contribution is -0.142. The van der Waals surface area contributed by atoms with Gasteiger partial charge in [0.05, 0.1) is 29.7 Å². The highest BCUT2D eigenvalue weighted by molar-refractivity contribution is 7.92. The van der Waals surface area contributed by atoms with Crippen molar-refractivity contribution in [3.05, 3.63) is 39.0 Å². The summed E-state index contributed by atoms with van der Waals surface area (Å²) in [5, 5.41) is 0.240. The number of carbonyl (C=O) groups is 1. The zero-order valence-electron chi connectivity index (χ0n) is 15.5. The van der Waals surface area contributed by atoms with Gasteiger partial charge in [0.25, 0.3) is 5.56 Å². The topological polar surface area (TPSA) is 116 Å². The number of carbonyl (C=O) groups excluding carboxylic acids is 1. The highest BCUT2D eigenvalue weighted by Gasteiger charge is 2.16. The van der Waals surface area contributed by atoms with Crippen LogP contribution in [0.4, 0.5) is 5.69 Å². The monoisotopic (exact) mass is 397 g/mol. The third-order valence-corrected chi connectivity index (χ3v) is 5.30. The van der Waals surface area contributed by atoms with Crippen molar-refractivity contribution in [1.82, 2.24) is 9.13 Å². The number of nitrogens with one attached hydrogen (secondary N) is 1. The number of fused-ring (bicyclic) bond motifs is 1. The summed E-state index contributed by atoms with van der Waals surface area (Å²) in [5.74, 6) is -1.03. The lowest BCUT2D eigenvalue weighted by Crippen LogP contribution is -2.39. The Morgan fingerprint density at radius 3 is 2.37 bits per heavy atom. The first kappa shape index (κ1) is 20.7. The summed E-state index contributed by atoms with van der Waals surface area (Å²) < 4.78 is 34.0. The van der Waals surface area contributed by atoms with E-state index in [1.807, 2.05) is 0 Å². The van der Waals surface area contributed by atoms with Crippen molar-refractivity contribution >= 4 is 32.6 Å². The van der Waals surface area contributed by atoms with E-state index in [0.29, 0.717) is 12.1 Å². The van der Waals surface area contributed by atoms with Crippen LogP contribution in [0.5, 0.6) is 0 Å². The predicted molar refractivity (Wildman–Crippen MR) is 102 cm³/mol. The Labute approximate surface area is 156 Å². The molecule has 1 heterocycles. The molecule has 10 heteroatoms. The number of esters is 1. The van der Waals surface area contributed by atoms with E-state index >= 15 is 0 Å². The third kappa shape index (κ3) is 4.57. The van der Waals surface area contributed by atoms with Crippen molar-refractivity contribution in [3.8, 4) is 0 Å². The van der Waals surface area contributed by atoms with E-state index in [2.05, 4.69) is 4.72 Å². The molecule has 1 aromatic heterocycles. The van der Waals surface area contributed by atoms with Gasteiger partial charge in [-0.3, -0.25) is 23.4 Å². The molecular formula is C17H23N3O6S.